The molecule has 0 saturated heterocycles. The van der Waals surface area contributed by atoms with Crippen molar-refractivity contribution in [2.24, 2.45) is 0 Å². The van der Waals surface area contributed by atoms with Crippen molar-refractivity contribution >= 4 is 22.6 Å². The van der Waals surface area contributed by atoms with Crippen LogP contribution in [-0.2, 0) is 4.43 Å². The molecule has 0 atom stereocenters. The van der Waals surface area contributed by atoms with Gasteiger partial charge in [0.25, 0.3) is 0 Å². The first-order valence-corrected chi connectivity index (χ1v) is 3.28. The van der Waals surface area contributed by atoms with Crippen molar-refractivity contribution in [3.8, 4) is 0 Å². The molecule has 0 aliphatic heterocycles. The number of hydrogen-bond acceptors (Lipinski definition) is 3. The van der Waals surface area contributed by atoms with E-state index in [1.54, 1.807) is 6.20 Å². The molecule has 0 aromatic carbocycles. The molecule has 1 rings (SSSR count). The van der Waals surface area contributed by atoms with Crippen molar-refractivity contribution in [1.29, 1.82) is 0 Å². The molecule has 0 amide bonds. The maximum Gasteiger partial charge on any atom is 0.114 e. The van der Waals surface area contributed by atoms with E-state index < -0.39 is 0 Å². The third kappa shape index (κ3) is 1.12. The minimum Gasteiger partial charge on any atom is -0.244 e. The van der Waals surface area contributed by atoms with Gasteiger partial charge in [-0.05, 0) is 0 Å². The molecule has 1 heterocycles. The molecule has 0 N–H and O–H groups in total. The standard InChI is InChI=1S/C3H3IN2O/c4-1-3-2-5-7-6-3/h2H,1H2. The molecule has 38 valence electrons. The van der Waals surface area contributed by atoms with Crippen LogP contribution in [0.1, 0.15) is 5.69 Å². The van der Waals surface area contributed by atoms with E-state index in [1.165, 1.54) is 0 Å². The summed E-state index contributed by atoms with van der Waals surface area (Å²) in [6.07, 6.45) is 1.60. The molecule has 0 aliphatic carbocycles. The SMILES string of the molecule is ICc1cnon1. The second kappa shape index (κ2) is 2.25. The van der Waals surface area contributed by atoms with Gasteiger partial charge < -0.3 is 0 Å². The third-order valence-corrected chi connectivity index (χ3v) is 1.33. The Bertz CT molecular complexity index is 127. The molecule has 0 unspecified atom stereocenters. The number of halogens is 1. The summed E-state index contributed by atoms with van der Waals surface area (Å²) in [5, 5.41) is 6.94. The van der Waals surface area contributed by atoms with Crippen molar-refractivity contribution in [3.63, 3.8) is 0 Å². The number of rotatable bonds is 1. The van der Waals surface area contributed by atoms with E-state index in [9.17, 15) is 0 Å². The molecule has 1 aromatic rings. The van der Waals surface area contributed by atoms with E-state index >= 15 is 0 Å². The molecule has 0 aliphatic rings. The first kappa shape index (κ1) is 5.02. The molecule has 0 bridgehead atoms. The van der Waals surface area contributed by atoms with E-state index in [4.69, 9.17) is 0 Å². The molecular formula is C3H3IN2O. The smallest absolute Gasteiger partial charge is 0.114 e. The summed E-state index contributed by atoms with van der Waals surface area (Å²) in [6, 6.07) is 0. The lowest BCUT2D eigenvalue weighted by Gasteiger charge is -1.70. The Morgan fingerprint density at radius 1 is 1.86 bits per heavy atom. The highest BCUT2D eigenvalue weighted by Crippen LogP contribution is 1.97. The van der Waals surface area contributed by atoms with E-state index in [0.717, 1.165) is 10.1 Å². The van der Waals surface area contributed by atoms with Crippen molar-refractivity contribution in [2.75, 3.05) is 0 Å². The summed E-state index contributed by atoms with van der Waals surface area (Å²) in [6.45, 7) is 0. The minimum absolute atomic E-state index is 0.862. The Labute approximate surface area is 54.2 Å². The maximum atomic E-state index is 4.30. The van der Waals surface area contributed by atoms with Crippen LogP contribution in [0, 0.1) is 0 Å². The molecule has 4 heteroatoms. The Hall–Kier alpha value is -0.130. The molecule has 0 saturated carbocycles. The average Bonchev–Trinajstić information content (AvgIpc) is 2.14. The molecule has 0 fully saturated rings. The number of aromatic nitrogens is 2. The van der Waals surface area contributed by atoms with Gasteiger partial charge in [0, 0.05) is 4.43 Å². The lowest BCUT2D eigenvalue weighted by Crippen LogP contribution is -1.69. The fourth-order valence-corrected chi connectivity index (χ4v) is 0.579. The number of hydrogen-bond donors (Lipinski definition) is 0. The lowest BCUT2D eigenvalue weighted by molar-refractivity contribution is 0.304. The summed E-state index contributed by atoms with van der Waals surface area (Å²) in [7, 11) is 0. The summed E-state index contributed by atoms with van der Waals surface area (Å²) >= 11 is 2.19. The molecule has 1 aromatic heterocycles. The van der Waals surface area contributed by atoms with Crippen molar-refractivity contribution in [2.45, 2.75) is 4.43 Å². The van der Waals surface area contributed by atoms with Crippen LogP contribution in [0.15, 0.2) is 10.8 Å². The Kier molecular flexibility index (Phi) is 1.61. The van der Waals surface area contributed by atoms with Crippen LogP contribution in [-0.4, -0.2) is 10.3 Å². The largest absolute Gasteiger partial charge is 0.244 e. The second-order valence-electron chi connectivity index (χ2n) is 1.03. The Morgan fingerprint density at radius 3 is 3.00 bits per heavy atom. The van der Waals surface area contributed by atoms with Gasteiger partial charge >= 0.3 is 0 Å². The van der Waals surface area contributed by atoms with Crippen LogP contribution < -0.4 is 0 Å². The van der Waals surface area contributed by atoms with Gasteiger partial charge in [-0.2, -0.15) is 0 Å². The monoisotopic (exact) mass is 210 g/mol. The normalized spacial score (nSPS) is 9.29. The highest BCUT2D eigenvalue weighted by molar-refractivity contribution is 14.1. The quantitative estimate of drug-likeness (QED) is 0.512. The molecule has 3 nitrogen and oxygen atoms in total. The van der Waals surface area contributed by atoms with Gasteiger partial charge in [0.05, 0.1) is 6.20 Å². The molecular weight excluding hydrogens is 207 g/mol. The summed E-state index contributed by atoms with van der Waals surface area (Å²) in [5.74, 6) is 0. The third-order valence-electron chi connectivity index (χ3n) is 0.544. The van der Waals surface area contributed by atoms with Gasteiger partial charge in [0.1, 0.15) is 5.69 Å². The van der Waals surface area contributed by atoms with Crippen LogP contribution in [0.5, 0.6) is 0 Å². The van der Waals surface area contributed by atoms with Crippen LogP contribution in [0.4, 0.5) is 0 Å². The Balaban J connectivity index is 2.76. The zero-order valence-corrected chi connectivity index (χ0v) is 5.62. The second-order valence-corrected chi connectivity index (χ2v) is 1.80. The first-order chi connectivity index (χ1) is 3.43. The van der Waals surface area contributed by atoms with Gasteiger partial charge in [-0.25, -0.2) is 4.63 Å². The Morgan fingerprint density at radius 2 is 2.71 bits per heavy atom. The van der Waals surface area contributed by atoms with E-state index in [2.05, 4.69) is 37.5 Å². The highest BCUT2D eigenvalue weighted by Gasteiger charge is 1.89. The van der Waals surface area contributed by atoms with Crippen LogP contribution >= 0.6 is 22.6 Å². The van der Waals surface area contributed by atoms with E-state index in [1.807, 2.05) is 0 Å². The first-order valence-electron chi connectivity index (χ1n) is 1.76. The van der Waals surface area contributed by atoms with Gasteiger partial charge in [0.2, 0.25) is 0 Å². The van der Waals surface area contributed by atoms with Crippen LogP contribution in [0.2, 0.25) is 0 Å². The van der Waals surface area contributed by atoms with Crippen molar-refractivity contribution < 1.29 is 4.63 Å². The van der Waals surface area contributed by atoms with Crippen molar-refractivity contribution in [1.82, 2.24) is 10.3 Å². The summed E-state index contributed by atoms with van der Waals surface area (Å²) < 4.78 is 5.16. The van der Waals surface area contributed by atoms with Crippen molar-refractivity contribution in [3.05, 3.63) is 11.9 Å². The van der Waals surface area contributed by atoms with Gasteiger partial charge in [0.15, 0.2) is 0 Å². The fourth-order valence-electron chi connectivity index (χ4n) is 0.243. The van der Waals surface area contributed by atoms with Gasteiger partial charge in [-0.1, -0.05) is 32.9 Å². The van der Waals surface area contributed by atoms with Crippen LogP contribution in [0.3, 0.4) is 0 Å². The number of alkyl halides is 1. The summed E-state index contributed by atoms with van der Waals surface area (Å²) in [4.78, 5) is 0. The lowest BCUT2D eigenvalue weighted by atomic mass is 10.6. The number of nitrogens with zero attached hydrogens (tertiary/aromatic N) is 2. The molecule has 7 heavy (non-hydrogen) atoms. The fraction of sp³-hybridized carbons (Fsp3) is 0.333. The predicted molar refractivity (Wildman–Crippen MR) is 32.0 cm³/mol. The maximum absolute atomic E-state index is 4.30. The van der Waals surface area contributed by atoms with Gasteiger partial charge in [-0.3, -0.25) is 0 Å². The molecule has 0 spiro atoms. The minimum atomic E-state index is 0.862. The summed E-state index contributed by atoms with van der Waals surface area (Å²) in [5.41, 5.74) is 0.889. The zero-order valence-electron chi connectivity index (χ0n) is 3.47. The van der Waals surface area contributed by atoms with Crippen LogP contribution in [0.25, 0.3) is 0 Å². The van der Waals surface area contributed by atoms with E-state index in [0.29, 0.717) is 0 Å². The topological polar surface area (TPSA) is 38.9 Å². The zero-order chi connectivity index (χ0) is 5.11. The highest BCUT2D eigenvalue weighted by atomic mass is 127. The molecule has 0 radical (unpaired) electrons. The van der Waals surface area contributed by atoms with E-state index in [-0.39, 0.29) is 0 Å². The van der Waals surface area contributed by atoms with Gasteiger partial charge in [-0.15, -0.1) is 0 Å². The average molecular weight is 210 g/mol. The predicted octanol–water partition coefficient (Wildman–Crippen LogP) is 1.00.